The zero-order chi connectivity index (χ0) is 12.7. The first kappa shape index (κ1) is 15.2. The molecule has 0 aliphatic carbocycles. The highest BCUT2D eigenvalue weighted by molar-refractivity contribution is 9.10. The van der Waals surface area contributed by atoms with Gasteiger partial charge < -0.3 is 11.1 Å². The zero-order valence-corrected chi connectivity index (χ0v) is 13.1. The number of nitrogens with one attached hydrogen (secondary N) is 1. The third-order valence-corrected chi connectivity index (χ3v) is 4.49. The summed E-state index contributed by atoms with van der Waals surface area (Å²) in [5.74, 6) is 1.41. The Kier molecular flexibility index (Phi) is 7.35. The second-order valence-corrected chi connectivity index (χ2v) is 6.84. The van der Waals surface area contributed by atoms with Crippen LogP contribution in [0.2, 0.25) is 0 Å². The van der Waals surface area contributed by atoms with Gasteiger partial charge in [0.1, 0.15) is 0 Å². The predicted octanol–water partition coefficient (Wildman–Crippen LogP) is 3.61. The van der Waals surface area contributed by atoms with E-state index in [2.05, 4.69) is 46.5 Å². The van der Waals surface area contributed by atoms with Gasteiger partial charge in [0.2, 0.25) is 0 Å². The summed E-state index contributed by atoms with van der Waals surface area (Å²) in [7, 11) is 0. The molecule has 17 heavy (non-hydrogen) atoms. The highest BCUT2D eigenvalue weighted by atomic mass is 79.9. The zero-order valence-electron chi connectivity index (χ0n) is 10.7. The molecule has 0 saturated carbocycles. The van der Waals surface area contributed by atoms with Crippen molar-refractivity contribution >= 4 is 27.3 Å². The number of thiophene rings is 1. The van der Waals surface area contributed by atoms with Crippen molar-refractivity contribution in [1.82, 2.24) is 5.32 Å². The Morgan fingerprint density at radius 1 is 1.47 bits per heavy atom. The Morgan fingerprint density at radius 3 is 2.76 bits per heavy atom. The maximum Gasteiger partial charge on any atom is 0.0300 e. The van der Waals surface area contributed by atoms with Crippen LogP contribution >= 0.6 is 27.3 Å². The third kappa shape index (κ3) is 6.55. The van der Waals surface area contributed by atoms with E-state index in [4.69, 9.17) is 5.73 Å². The van der Waals surface area contributed by atoms with Gasteiger partial charge in [-0.05, 0) is 59.8 Å². The topological polar surface area (TPSA) is 38.0 Å². The SMILES string of the molecule is CC(C)CC(CN)CCNCc1cc(Br)cs1. The van der Waals surface area contributed by atoms with Gasteiger partial charge in [-0.1, -0.05) is 13.8 Å². The van der Waals surface area contributed by atoms with E-state index in [1.807, 2.05) is 0 Å². The predicted molar refractivity (Wildman–Crippen MR) is 80.3 cm³/mol. The first-order valence-corrected chi connectivity index (χ1v) is 7.92. The second-order valence-electron chi connectivity index (χ2n) is 4.93. The van der Waals surface area contributed by atoms with Crippen molar-refractivity contribution in [3.63, 3.8) is 0 Å². The monoisotopic (exact) mass is 318 g/mol. The Bertz CT molecular complexity index is 312. The van der Waals surface area contributed by atoms with Crippen molar-refractivity contribution < 1.29 is 0 Å². The average Bonchev–Trinajstić information content (AvgIpc) is 2.68. The van der Waals surface area contributed by atoms with E-state index >= 15 is 0 Å². The summed E-state index contributed by atoms with van der Waals surface area (Å²) in [5, 5.41) is 5.61. The molecule has 4 heteroatoms. The summed E-state index contributed by atoms with van der Waals surface area (Å²) in [5.41, 5.74) is 5.79. The maximum atomic E-state index is 5.79. The van der Waals surface area contributed by atoms with Crippen LogP contribution < -0.4 is 11.1 Å². The molecule has 0 spiro atoms. The van der Waals surface area contributed by atoms with Gasteiger partial charge in [0, 0.05) is 21.3 Å². The van der Waals surface area contributed by atoms with Crippen molar-refractivity contribution in [3.05, 3.63) is 20.8 Å². The lowest BCUT2D eigenvalue weighted by Gasteiger charge is -2.16. The molecule has 1 aromatic heterocycles. The van der Waals surface area contributed by atoms with Crippen LogP contribution in [0.1, 0.15) is 31.6 Å². The Morgan fingerprint density at radius 2 is 2.24 bits per heavy atom. The molecule has 1 aromatic rings. The minimum absolute atomic E-state index is 0.664. The molecule has 1 rings (SSSR count). The summed E-state index contributed by atoms with van der Waals surface area (Å²) < 4.78 is 1.18. The number of rotatable bonds is 8. The van der Waals surface area contributed by atoms with E-state index in [1.54, 1.807) is 11.3 Å². The normalized spacial score (nSPS) is 13.2. The van der Waals surface area contributed by atoms with E-state index in [0.717, 1.165) is 25.6 Å². The van der Waals surface area contributed by atoms with Crippen molar-refractivity contribution in [3.8, 4) is 0 Å². The van der Waals surface area contributed by atoms with E-state index in [1.165, 1.54) is 22.2 Å². The molecule has 1 atom stereocenters. The van der Waals surface area contributed by atoms with Gasteiger partial charge in [-0.2, -0.15) is 0 Å². The number of nitrogens with two attached hydrogens (primary N) is 1. The second kappa shape index (κ2) is 8.25. The van der Waals surface area contributed by atoms with Crippen molar-refractivity contribution in [2.75, 3.05) is 13.1 Å². The molecule has 1 unspecified atom stereocenters. The lowest BCUT2D eigenvalue weighted by atomic mass is 9.94. The van der Waals surface area contributed by atoms with Gasteiger partial charge in [0.15, 0.2) is 0 Å². The van der Waals surface area contributed by atoms with E-state index in [9.17, 15) is 0 Å². The Labute approximate surface area is 117 Å². The third-order valence-electron chi connectivity index (χ3n) is 2.79. The van der Waals surface area contributed by atoms with E-state index in [0.29, 0.717) is 5.92 Å². The van der Waals surface area contributed by atoms with Crippen LogP contribution in [0.4, 0.5) is 0 Å². The first-order chi connectivity index (χ1) is 8.11. The largest absolute Gasteiger partial charge is 0.330 e. The van der Waals surface area contributed by atoms with Gasteiger partial charge in [-0.25, -0.2) is 0 Å². The molecule has 0 aliphatic rings. The fourth-order valence-electron chi connectivity index (χ4n) is 1.96. The standard InChI is InChI=1S/C13H23BrN2S/c1-10(2)5-11(7-15)3-4-16-8-13-6-12(14)9-17-13/h6,9-11,16H,3-5,7-8,15H2,1-2H3. The average molecular weight is 319 g/mol. The first-order valence-electron chi connectivity index (χ1n) is 6.25. The smallest absolute Gasteiger partial charge is 0.0300 e. The van der Waals surface area contributed by atoms with Gasteiger partial charge in [-0.15, -0.1) is 11.3 Å². The quantitative estimate of drug-likeness (QED) is 0.718. The summed E-state index contributed by atoms with van der Waals surface area (Å²) in [6, 6.07) is 2.17. The van der Waals surface area contributed by atoms with Crippen LogP contribution in [0.3, 0.4) is 0 Å². The highest BCUT2D eigenvalue weighted by Gasteiger charge is 2.08. The molecule has 0 fully saturated rings. The van der Waals surface area contributed by atoms with E-state index in [-0.39, 0.29) is 0 Å². The molecule has 0 amide bonds. The van der Waals surface area contributed by atoms with Crippen molar-refractivity contribution in [2.45, 2.75) is 33.2 Å². The molecule has 2 nitrogen and oxygen atoms in total. The minimum atomic E-state index is 0.664. The molecular formula is C13H23BrN2S. The van der Waals surface area contributed by atoms with Crippen LogP contribution in [0.15, 0.2) is 15.9 Å². The number of hydrogen-bond acceptors (Lipinski definition) is 3. The summed E-state index contributed by atoms with van der Waals surface area (Å²) >= 11 is 5.26. The van der Waals surface area contributed by atoms with Crippen molar-refractivity contribution in [1.29, 1.82) is 0 Å². The number of halogens is 1. The Hall–Kier alpha value is 0.1000. The molecular weight excluding hydrogens is 296 g/mol. The fraction of sp³-hybridized carbons (Fsp3) is 0.692. The maximum absolute atomic E-state index is 5.79. The summed E-state index contributed by atoms with van der Waals surface area (Å²) in [6.07, 6.45) is 2.42. The molecule has 3 N–H and O–H groups in total. The summed E-state index contributed by atoms with van der Waals surface area (Å²) in [4.78, 5) is 1.38. The highest BCUT2D eigenvalue weighted by Crippen LogP contribution is 2.19. The fourth-order valence-corrected chi connectivity index (χ4v) is 3.38. The minimum Gasteiger partial charge on any atom is -0.330 e. The van der Waals surface area contributed by atoms with Gasteiger partial charge in [-0.3, -0.25) is 0 Å². The van der Waals surface area contributed by atoms with Gasteiger partial charge in [0.25, 0.3) is 0 Å². The Balaban J connectivity index is 2.14. The van der Waals surface area contributed by atoms with Crippen LogP contribution in [0.25, 0.3) is 0 Å². The molecule has 0 bridgehead atoms. The van der Waals surface area contributed by atoms with Crippen LogP contribution in [0, 0.1) is 11.8 Å². The lowest BCUT2D eigenvalue weighted by molar-refractivity contribution is 0.386. The lowest BCUT2D eigenvalue weighted by Crippen LogP contribution is -2.23. The summed E-state index contributed by atoms with van der Waals surface area (Å²) in [6.45, 7) is 7.36. The molecule has 0 aromatic carbocycles. The van der Waals surface area contributed by atoms with Gasteiger partial charge >= 0.3 is 0 Å². The molecule has 1 heterocycles. The van der Waals surface area contributed by atoms with Gasteiger partial charge in [0.05, 0.1) is 0 Å². The van der Waals surface area contributed by atoms with Crippen LogP contribution in [-0.4, -0.2) is 13.1 Å². The van der Waals surface area contributed by atoms with Crippen LogP contribution in [-0.2, 0) is 6.54 Å². The van der Waals surface area contributed by atoms with Crippen LogP contribution in [0.5, 0.6) is 0 Å². The number of hydrogen-bond donors (Lipinski definition) is 2. The molecule has 0 aliphatic heterocycles. The molecule has 0 radical (unpaired) electrons. The van der Waals surface area contributed by atoms with Crippen molar-refractivity contribution in [2.24, 2.45) is 17.6 Å². The molecule has 0 saturated heterocycles. The van der Waals surface area contributed by atoms with E-state index < -0.39 is 0 Å². The molecule has 98 valence electrons.